The van der Waals surface area contributed by atoms with Crippen molar-refractivity contribution >= 4 is 0 Å². The van der Waals surface area contributed by atoms with Crippen molar-refractivity contribution in [2.24, 2.45) is 0 Å². The fourth-order valence-electron chi connectivity index (χ4n) is 3.34. The first-order chi connectivity index (χ1) is 8.19. The molecule has 0 radical (unpaired) electrons. The molecule has 3 rings (SSSR count). The first kappa shape index (κ1) is 11.5. The fourth-order valence-corrected chi connectivity index (χ4v) is 3.34. The Bertz CT molecular complexity index is 362. The molecule has 2 fully saturated rings. The molecule has 0 bridgehead atoms. The number of rotatable bonds is 3. The molecular formula is C14H20O3. The lowest BCUT2D eigenvalue weighted by atomic mass is 9.81. The highest BCUT2D eigenvalue weighted by Crippen LogP contribution is 2.52. The van der Waals surface area contributed by atoms with Gasteiger partial charge in [0.05, 0.1) is 19.3 Å². The van der Waals surface area contributed by atoms with Crippen molar-refractivity contribution in [1.82, 2.24) is 0 Å². The van der Waals surface area contributed by atoms with Crippen molar-refractivity contribution in [2.45, 2.75) is 50.1 Å². The SMILES string of the molecule is C=CCO[C@]1(C)C[C@@H]2OCC3=CCCC[C@]32O1. The third-order valence-corrected chi connectivity index (χ3v) is 4.11. The van der Waals surface area contributed by atoms with E-state index in [4.69, 9.17) is 14.2 Å². The summed E-state index contributed by atoms with van der Waals surface area (Å²) in [5.74, 6) is -0.518. The van der Waals surface area contributed by atoms with E-state index >= 15 is 0 Å². The lowest BCUT2D eigenvalue weighted by Crippen LogP contribution is -2.40. The molecule has 2 aliphatic heterocycles. The topological polar surface area (TPSA) is 27.7 Å². The minimum Gasteiger partial charge on any atom is -0.370 e. The molecule has 1 spiro atoms. The number of allylic oxidation sites excluding steroid dienone is 1. The highest BCUT2D eigenvalue weighted by molar-refractivity contribution is 5.30. The molecule has 2 saturated heterocycles. The smallest absolute Gasteiger partial charge is 0.169 e. The van der Waals surface area contributed by atoms with Gasteiger partial charge in [-0.25, -0.2) is 0 Å². The monoisotopic (exact) mass is 236 g/mol. The molecule has 94 valence electrons. The molecule has 0 aromatic heterocycles. The van der Waals surface area contributed by atoms with Crippen LogP contribution in [0, 0.1) is 0 Å². The molecule has 3 nitrogen and oxygen atoms in total. The Kier molecular flexibility index (Phi) is 2.65. The lowest BCUT2D eigenvalue weighted by molar-refractivity contribution is -0.229. The van der Waals surface area contributed by atoms with Crippen molar-refractivity contribution in [3.05, 3.63) is 24.3 Å². The van der Waals surface area contributed by atoms with Crippen LogP contribution in [0.5, 0.6) is 0 Å². The van der Waals surface area contributed by atoms with Gasteiger partial charge in [0, 0.05) is 6.42 Å². The molecule has 1 aliphatic carbocycles. The van der Waals surface area contributed by atoms with Gasteiger partial charge >= 0.3 is 0 Å². The second-order valence-electron chi connectivity index (χ2n) is 5.35. The third kappa shape index (κ3) is 1.68. The highest BCUT2D eigenvalue weighted by Gasteiger charge is 2.60. The molecule has 3 atom stereocenters. The number of hydrogen-bond donors (Lipinski definition) is 0. The van der Waals surface area contributed by atoms with Crippen LogP contribution in [0.3, 0.4) is 0 Å². The van der Waals surface area contributed by atoms with E-state index in [2.05, 4.69) is 12.7 Å². The minimum atomic E-state index is -0.518. The second kappa shape index (κ2) is 3.94. The van der Waals surface area contributed by atoms with Gasteiger partial charge in [0.2, 0.25) is 0 Å². The third-order valence-electron chi connectivity index (χ3n) is 4.11. The summed E-state index contributed by atoms with van der Waals surface area (Å²) in [6, 6.07) is 0. The second-order valence-corrected chi connectivity index (χ2v) is 5.35. The normalized spacial score (nSPS) is 44.1. The maximum absolute atomic E-state index is 6.30. The van der Waals surface area contributed by atoms with Crippen LogP contribution in [-0.4, -0.2) is 30.7 Å². The summed E-state index contributed by atoms with van der Waals surface area (Å²) in [5.41, 5.74) is 1.15. The van der Waals surface area contributed by atoms with Gasteiger partial charge in [-0.1, -0.05) is 12.2 Å². The van der Waals surface area contributed by atoms with Gasteiger partial charge in [-0.3, -0.25) is 0 Å². The van der Waals surface area contributed by atoms with E-state index < -0.39 is 5.79 Å². The van der Waals surface area contributed by atoms with Crippen molar-refractivity contribution < 1.29 is 14.2 Å². The van der Waals surface area contributed by atoms with Crippen molar-refractivity contribution in [3.8, 4) is 0 Å². The van der Waals surface area contributed by atoms with Crippen LogP contribution in [0.2, 0.25) is 0 Å². The van der Waals surface area contributed by atoms with Crippen molar-refractivity contribution in [2.75, 3.05) is 13.2 Å². The number of ether oxygens (including phenoxy) is 3. The molecule has 17 heavy (non-hydrogen) atoms. The predicted octanol–water partition coefficient (Wildman–Crippen LogP) is 2.57. The van der Waals surface area contributed by atoms with Gasteiger partial charge in [-0.2, -0.15) is 0 Å². The zero-order valence-electron chi connectivity index (χ0n) is 10.4. The first-order valence-corrected chi connectivity index (χ1v) is 6.45. The van der Waals surface area contributed by atoms with E-state index in [0.29, 0.717) is 6.61 Å². The van der Waals surface area contributed by atoms with Crippen LogP contribution in [0.4, 0.5) is 0 Å². The Morgan fingerprint density at radius 3 is 3.35 bits per heavy atom. The Morgan fingerprint density at radius 2 is 2.53 bits per heavy atom. The van der Waals surface area contributed by atoms with Gasteiger partial charge in [0.15, 0.2) is 5.79 Å². The van der Waals surface area contributed by atoms with Crippen molar-refractivity contribution in [1.29, 1.82) is 0 Å². The van der Waals surface area contributed by atoms with Gasteiger partial charge < -0.3 is 14.2 Å². The summed E-state index contributed by atoms with van der Waals surface area (Å²) in [4.78, 5) is 0. The van der Waals surface area contributed by atoms with Crippen LogP contribution in [0.15, 0.2) is 24.3 Å². The van der Waals surface area contributed by atoms with E-state index in [1.807, 2.05) is 6.92 Å². The number of hydrogen-bond acceptors (Lipinski definition) is 3. The van der Waals surface area contributed by atoms with E-state index in [-0.39, 0.29) is 11.7 Å². The van der Waals surface area contributed by atoms with Crippen LogP contribution >= 0.6 is 0 Å². The van der Waals surface area contributed by atoms with Crippen LogP contribution in [-0.2, 0) is 14.2 Å². The highest BCUT2D eigenvalue weighted by atomic mass is 16.7. The molecular weight excluding hydrogens is 216 g/mol. The molecule has 3 heteroatoms. The van der Waals surface area contributed by atoms with Gasteiger partial charge in [-0.15, -0.1) is 6.58 Å². The quantitative estimate of drug-likeness (QED) is 0.705. The summed E-state index contributed by atoms with van der Waals surface area (Å²) in [7, 11) is 0. The Labute approximate surface area is 102 Å². The Balaban J connectivity index is 1.84. The van der Waals surface area contributed by atoms with Crippen LogP contribution in [0.25, 0.3) is 0 Å². The summed E-state index contributed by atoms with van der Waals surface area (Å²) in [6.07, 6.45) is 8.45. The largest absolute Gasteiger partial charge is 0.370 e. The van der Waals surface area contributed by atoms with Crippen molar-refractivity contribution in [3.63, 3.8) is 0 Å². The van der Waals surface area contributed by atoms with Crippen LogP contribution in [0.1, 0.15) is 32.6 Å². The van der Waals surface area contributed by atoms with E-state index in [1.165, 1.54) is 12.0 Å². The lowest BCUT2D eigenvalue weighted by Gasteiger charge is -2.34. The van der Waals surface area contributed by atoms with E-state index in [9.17, 15) is 0 Å². The van der Waals surface area contributed by atoms with E-state index in [1.54, 1.807) is 6.08 Å². The van der Waals surface area contributed by atoms with Crippen LogP contribution < -0.4 is 0 Å². The summed E-state index contributed by atoms with van der Waals surface area (Å²) < 4.78 is 18.0. The molecule has 3 aliphatic rings. The predicted molar refractivity (Wildman–Crippen MR) is 64.7 cm³/mol. The summed E-state index contributed by atoms with van der Waals surface area (Å²) in [6.45, 7) is 6.96. The first-order valence-electron chi connectivity index (χ1n) is 6.45. The summed E-state index contributed by atoms with van der Waals surface area (Å²) in [5, 5.41) is 0. The maximum Gasteiger partial charge on any atom is 0.169 e. The Morgan fingerprint density at radius 1 is 1.65 bits per heavy atom. The zero-order valence-corrected chi connectivity index (χ0v) is 10.4. The average Bonchev–Trinajstić information content (AvgIpc) is 2.77. The minimum absolute atomic E-state index is 0.170. The average molecular weight is 236 g/mol. The maximum atomic E-state index is 6.30. The van der Waals surface area contributed by atoms with Gasteiger partial charge in [0.1, 0.15) is 5.60 Å². The molecule has 0 N–H and O–H groups in total. The standard InChI is InChI=1S/C14H20O3/c1-3-8-16-13(2)9-12-14(17-13)7-5-4-6-11(14)10-15-12/h3,6,12H,1,4-5,7-10H2,2H3/t12-,13-,14-/m0/s1. The molecule has 0 unspecified atom stereocenters. The zero-order chi connectivity index (χ0) is 11.9. The molecule has 2 heterocycles. The summed E-state index contributed by atoms with van der Waals surface area (Å²) >= 11 is 0. The van der Waals surface area contributed by atoms with Gasteiger partial charge in [0.25, 0.3) is 0 Å². The van der Waals surface area contributed by atoms with Gasteiger partial charge in [-0.05, 0) is 31.8 Å². The van der Waals surface area contributed by atoms with E-state index in [0.717, 1.165) is 25.9 Å². The molecule has 0 aromatic carbocycles. The molecule has 0 aromatic rings. The fraction of sp³-hybridized carbons (Fsp3) is 0.714. The molecule has 0 saturated carbocycles. The molecule has 0 amide bonds. The Hall–Kier alpha value is -0.640.